The van der Waals surface area contributed by atoms with Gasteiger partial charge in [0.15, 0.2) is 0 Å². The number of carboxylic acid groups (broad SMARTS) is 1. The van der Waals surface area contributed by atoms with Crippen molar-refractivity contribution in [1.29, 1.82) is 0 Å². The minimum Gasteiger partial charge on any atom is -0.480 e. The van der Waals surface area contributed by atoms with Gasteiger partial charge in [0.25, 0.3) is 0 Å². The highest BCUT2D eigenvalue weighted by Crippen LogP contribution is 2.44. The number of rotatable bonds is 4. The Morgan fingerprint density at radius 3 is 2.91 bits per heavy atom. The normalized spacial score (nSPS) is 34.8. The van der Waals surface area contributed by atoms with E-state index in [1.165, 1.54) is 0 Å². The predicted molar refractivity (Wildman–Crippen MR) is 42.1 cm³/mol. The van der Waals surface area contributed by atoms with E-state index in [0.29, 0.717) is 6.42 Å². The second-order valence-corrected chi connectivity index (χ2v) is 3.11. The van der Waals surface area contributed by atoms with Crippen LogP contribution in [0.4, 0.5) is 0 Å². The van der Waals surface area contributed by atoms with Gasteiger partial charge in [-0.3, -0.25) is 4.79 Å². The second kappa shape index (κ2) is 2.66. The summed E-state index contributed by atoms with van der Waals surface area (Å²) in [6.07, 6.45) is 4.12. The molecule has 3 heteroatoms. The van der Waals surface area contributed by atoms with E-state index in [0.717, 1.165) is 12.8 Å². The van der Waals surface area contributed by atoms with Crippen LogP contribution in [0.1, 0.15) is 19.3 Å². The van der Waals surface area contributed by atoms with E-state index < -0.39 is 11.5 Å². The highest BCUT2D eigenvalue weighted by atomic mass is 16.4. The lowest BCUT2D eigenvalue weighted by molar-refractivity contribution is -0.140. The Labute approximate surface area is 65.9 Å². The molecule has 0 aliphatic heterocycles. The third-order valence-corrected chi connectivity index (χ3v) is 2.27. The number of carboxylic acids is 1. The molecule has 3 nitrogen and oxygen atoms in total. The van der Waals surface area contributed by atoms with Crippen LogP contribution in [0, 0.1) is 5.92 Å². The molecule has 1 saturated carbocycles. The smallest absolute Gasteiger partial charge is 0.323 e. The number of hydrogen-bond donors (Lipinski definition) is 2. The molecule has 1 aliphatic rings. The maximum atomic E-state index is 10.5. The van der Waals surface area contributed by atoms with Crippen LogP contribution in [0.5, 0.6) is 0 Å². The van der Waals surface area contributed by atoms with Crippen LogP contribution in [-0.2, 0) is 4.79 Å². The summed E-state index contributed by atoms with van der Waals surface area (Å²) in [4.78, 5) is 10.5. The summed E-state index contributed by atoms with van der Waals surface area (Å²) in [6.45, 7) is 3.56. The highest BCUT2D eigenvalue weighted by molar-refractivity contribution is 5.82. The second-order valence-electron chi connectivity index (χ2n) is 3.11. The van der Waals surface area contributed by atoms with Crippen molar-refractivity contribution in [3.05, 3.63) is 12.7 Å². The quantitative estimate of drug-likeness (QED) is 0.589. The van der Waals surface area contributed by atoms with E-state index in [1.54, 1.807) is 6.08 Å². The summed E-state index contributed by atoms with van der Waals surface area (Å²) < 4.78 is 0. The third kappa shape index (κ3) is 1.43. The molecular weight excluding hydrogens is 142 g/mol. The summed E-state index contributed by atoms with van der Waals surface area (Å²) in [5.41, 5.74) is 4.63. The summed E-state index contributed by atoms with van der Waals surface area (Å²) in [5.74, 6) is -0.704. The van der Waals surface area contributed by atoms with Gasteiger partial charge in [0.05, 0.1) is 0 Å². The van der Waals surface area contributed by atoms with E-state index in [-0.39, 0.29) is 5.92 Å². The lowest BCUT2D eigenvalue weighted by atomic mass is 10.1. The zero-order valence-corrected chi connectivity index (χ0v) is 6.42. The molecule has 0 unspecified atom stereocenters. The first-order valence-corrected chi connectivity index (χ1v) is 3.74. The average molecular weight is 155 g/mol. The summed E-state index contributed by atoms with van der Waals surface area (Å²) in [6, 6.07) is 0. The molecule has 0 amide bonds. The van der Waals surface area contributed by atoms with Gasteiger partial charge < -0.3 is 10.8 Å². The fraction of sp³-hybridized carbons (Fsp3) is 0.625. The monoisotopic (exact) mass is 155 g/mol. The van der Waals surface area contributed by atoms with Crippen molar-refractivity contribution in [3.8, 4) is 0 Å². The van der Waals surface area contributed by atoms with Gasteiger partial charge in [-0.1, -0.05) is 6.08 Å². The summed E-state index contributed by atoms with van der Waals surface area (Å²) in [7, 11) is 0. The molecule has 0 aromatic rings. The van der Waals surface area contributed by atoms with Crippen LogP contribution in [0.15, 0.2) is 12.7 Å². The van der Waals surface area contributed by atoms with Crippen molar-refractivity contribution >= 4 is 5.97 Å². The first-order chi connectivity index (χ1) is 5.11. The van der Waals surface area contributed by atoms with Crippen molar-refractivity contribution < 1.29 is 9.90 Å². The molecule has 2 atom stereocenters. The van der Waals surface area contributed by atoms with E-state index in [1.807, 2.05) is 0 Å². The van der Waals surface area contributed by atoms with Gasteiger partial charge in [-0.25, -0.2) is 0 Å². The van der Waals surface area contributed by atoms with E-state index >= 15 is 0 Å². The van der Waals surface area contributed by atoms with Crippen molar-refractivity contribution in [1.82, 2.24) is 0 Å². The third-order valence-electron chi connectivity index (χ3n) is 2.27. The molecule has 0 saturated heterocycles. The maximum Gasteiger partial charge on any atom is 0.323 e. The molecule has 0 heterocycles. The Kier molecular flexibility index (Phi) is 2.00. The molecule has 1 rings (SSSR count). The predicted octanol–water partition coefficient (Wildman–Crippen LogP) is 0.755. The maximum absolute atomic E-state index is 10.5. The number of carbonyl (C=O) groups is 1. The van der Waals surface area contributed by atoms with E-state index in [9.17, 15) is 4.79 Å². The van der Waals surface area contributed by atoms with Crippen LogP contribution in [0.3, 0.4) is 0 Å². The molecule has 0 bridgehead atoms. The van der Waals surface area contributed by atoms with Crippen molar-refractivity contribution in [2.24, 2.45) is 11.7 Å². The molecule has 1 fully saturated rings. The van der Waals surface area contributed by atoms with Gasteiger partial charge in [0.2, 0.25) is 0 Å². The van der Waals surface area contributed by atoms with Crippen LogP contribution >= 0.6 is 0 Å². The van der Waals surface area contributed by atoms with Gasteiger partial charge in [0.1, 0.15) is 5.54 Å². The highest BCUT2D eigenvalue weighted by Gasteiger charge is 2.56. The van der Waals surface area contributed by atoms with Gasteiger partial charge in [-0.2, -0.15) is 0 Å². The van der Waals surface area contributed by atoms with Crippen LogP contribution in [-0.4, -0.2) is 16.6 Å². The van der Waals surface area contributed by atoms with Gasteiger partial charge in [-0.15, -0.1) is 6.58 Å². The standard InChI is InChI=1S/C8H13NO2/c1-2-3-4-6-5-8(6,9)7(10)11/h2,6H,1,3-5,9H2,(H,10,11)/t6-,8+/m1/s1. The van der Waals surface area contributed by atoms with Crippen molar-refractivity contribution in [3.63, 3.8) is 0 Å². The Morgan fingerprint density at radius 1 is 1.91 bits per heavy atom. The van der Waals surface area contributed by atoms with Gasteiger partial charge in [0, 0.05) is 0 Å². The fourth-order valence-electron chi connectivity index (χ4n) is 1.29. The summed E-state index contributed by atoms with van der Waals surface area (Å²) >= 11 is 0. The lowest BCUT2D eigenvalue weighted by Crippen LogP contribution is -2.35. The van der Waals surface area contributed by atoms with Crippen LogP contribution in [0.25, 0.3) is 0 Å². The molecule has 62 valence electrons. The van der Waals surface area contributed by atoms with Crippen LogP contribution in [0.2, 0.25) is 0 Å². The van der Waals surface area contributed by atoms with Crippen molar-refractivity contribution in [2.75, 3.05) is 0 Å². The molecule has 3 N–H and O–H groups in total. The molecule has 1 aliphatic carbocycles. The topological polar surface area (TPSA) is 63.3 Å². The van der Waals surface area contributed by atoms with E-state index in [2.05, 4.69) is 6.58 Å². The molecule has 0 radical (unpaired) electrons. The van der Waals surface area contributed by atoms with Crippen molar-refractivity contribution in [2.45, 2.75) is 24.8 Å². The molecule has 0 aromatic heterocycles. The SMILES string of the molecule is C=CCC[C@@H]1C[C@@]1(N)C(=O)O. The lowest BCUT2D eigenvalue weighted by Gasteiger charge is -2.02. The number of hydrogen-bond acceptors (Lipinski definition) is 2. The zero-order chi connectivity index (χ0) is 8.48. The molecule has 0 aromatic carbocycles. The Balaban J connectivity index is 2.34. The number of nitrogens with two attached hydrogens (primary N) is 1. The van der Waals surface area contributed by atoms with Crippen LogP contribution < -0.4 is 5.73 Å². The molecular formula is C8H13NO2. The van der Waals surface area contributed by atoms with Gasteiger partial charge >= 0.3 is 5.97 Å². The Hall–Kier alpha value is -0.830. The largest absolute Gasteiger partial charge is 0.480 e. The minimum atomic E-state index is -0.914. The number of allylic oxidation sites excluding steroid dienone is 1. The summed E-state index contributed by atoms with van der Waals surface area (Å²) in [5, 5.41) is 8.63. The average Bonchev–Trinajstić information content (AvgIpc) is 2.59. The minimum absolute atomic E-state index is 0.165. The van der Waals surface area contributed by atoms with E-state index in [4.69, 9.17) is 10.8 Å². The molecule has 11 heavy (non-hydrogen) atoms. The molecule has 0 spiro atoms. The number of aliphatic carboxylic acids is 1. The van der Waals surface area contributed by atoms with Gasteiger partial charge in [-0.05, 0) is 25.2 Å². The first-order valence-electron chi connectivity index (χ1n) is 3.74. The first kappa shape index (κ1) is 8.27. The Morgan fingerprint density at radius 2 is 2.55 bits per heavy atom. The fourth-order valence-corrected chi connectivity index (χ4v) is 1.29. The zero-order valence-electron chi connectivity index (χ0n) is 6.42. The Bertz CT molecular complexity index is 191.